The van der Waals surface area contributed by atoms with Crippen LogP contribution in [-0.4, -0.2) is 21.6 Å². The third kappa shape index (κ3) is 9.30. The number of aliphatic imine (C=N–C) groups is 2. The van der Waals surface area contributed by atoms with Crippen molar-refractivity contribution >= 4 is 45.0 Å². The van der Waals surface area contributed by atoms with Crippen molar-refractivity contribution in [3.8, 4) is 44.5 Å². The van der Waals surface area contributed by atoms with Crippen molar-refractivity contribution in [1.29, 1.82) is 0 Å². The summed E-state index contributed by atoms with van der Waals surface area (Å²) >= 11 is 3.63. The molecule has 58 heavy (non-hydrogen) atoms. The van der Waals surface area contributed by atoms with E-state index in [-0.39, 0.29) is 16.2 Å². The molecule has 0 saturated carbocycles. The quantitative estimate of drug-likeness (QED) is 0.168. The van der Waals surface area contributed by atoms with Crippen LogP contribution in [0.5, 0.6) is 0 Å². The van der Waals surface area contributed by atoms with Crippen LogP contribution in [0.3, 0.4) is 0 Å². The number of hydrogen-bond acceptors (Lipinski definition) is 4. The highest BCUT2D eigenvalue weighted by Crippen LogP contribution is 2.45. The normalized spacial score (nSPS) is 15.3. The number of rotatable bonds is 6. The second-order valence-electron chi connectivity index (χ2n) is 18.8. The maximum absolute atomic E-state index is 5.69. The molecule has 6 aromatic rings. The summed E-state index contributed by atoms with van der Waals surface area (Å²) in [5, 5.41) is 1.93. The molecule has 0 bridgehead atoms. The van der Waals surface area contributed by atoms with E-state index in [9.17, 15) is 0 Å². The van der Waals surface area contributed by atoms with Crippen LogP contribution in [0.2, 0.25) is 0 Å². The first-order valence-corrected chi connectivity index (χ1v) is 22.5. The third-order valence-corrected chi connectivity index (χ3v) is 13.3. The molecule has 7 rings (SSSR count). The molecule has 1 heterocycles. The second kappa shape index (κ2) is 16.5. The molecule has 1 saturated heterocycles. The van der Waals surface area contributed by atoms with Crippen LogP contribution in [0, 0.1) is 13.8 Å². The van der Waals surface area contributed by atoms with Gasteiger partial charge in [0.15, 0.2) is 0 Å². The van der Waals surface area contributed by atoms with Gasteiger partial charge in [0, 0.05) is 33.8 Å². The molecule has 0 aliphatic carbocycles. The van der Waals surface area contributed by atoms with Crippen LogP contribution in [-0.2, 0) is 16.2 Å². The van der Waals surface area contributed by atoms with Gasteiger partial charge in [0.25, 0.3) is 0 Å². The van der Waals surface area contributed by atoms with E-state index in [1.165, 1.54) is 38.9 Å². The molecule has 4 heteroatoms. The first-order chi connectivity index (χ1) is 27.5. The van der Waals surface area contributed by atoms with Gasteiger partial charge in [0.1, 0.15) is 10.1 Å². The monoisotopic (exact) mass is 798 g/mol. The minimum absolute atomic E-state index is 0.0699. The fourth-order valence-corrected chi connectivity index (χ4v) is 9.47. The summed E-state index contributed by atoms with van der Waals surface area (Å²) in [6, 6.07) is 47.3. The van der Waals surface area contributed by atoms with Gasteiger partial charge in [-0.05, 0) is 86.7 Å². The average molecular weight is 799 g/mol. The summed E-state index contributed by atoms with van der Waals surface area (Å²) in [6.45, 7) is 24.8. The zero-order valence-electron chi connectivity index (χ0n) is 36.2. The fourth-order valence-electron chi connectivity index (χ4n) is 7.42. The maximum atomic E-state index is 5.69. The van der Waals surface area contributed by atoms with Gasteiger partial charge in [-0.25, -0.2) is 9.98 Å². The third-order valence-electron chi connectivity index (χ3n) is 11.0. The number of aryl methyl sites for hydroxylation is 2. The Morgan fingerprint density at radius 2 is 0.690 bits per heavy atom. The van der Waals surface area contributed by atoms with Crippen LogP contribution in [0.1, 0.15) is 90.1 Å². The molecule has 0 unspecified atom stereocenters. The largest absolute Gasteiger partial charge is 0.238 e. The molecule has 0 radical (unpaired) electrons. The number of para-hydroxylation sites is 1. The zero-order valence-corrected chi connectivity index (χ0v) is 37.9. The van der Waals surface area contributed by atoms with Crippen molar-refractivity contribution in [1.82, 2.24) is 0 Å². The summed E-state index contributed by atoms with van der Waals surface area (Å²) < 4.78 is 0. The summed E-state index contributed by atoms with van der Waals surface area (Å²) in [5.41, 5.74) is 17.8. The molecular formula is C54H58N2S2. The van der Waals surface area contributed by atoms with Crippen LogP contribution >= 0.6 is 23.5 Å². The second-order valence-corrected chi connectivity index (χ2v) is 21.0. The standard InChI is InChI=1S/C54H58N2S2/c1-35-15-17-39(18-16-35)46-33-36(2)34-47(40-23-29-43(30-24-40)54(9,10)11)49(46)56-51-50(57-31-32-58-51)55-48-44(37-19-25-41(26-20-37)52(3,4)5)13-12-14-45(48)38-21-27-42(28-22-38)53(6,7)8/h12-30,33-34H,31-32H2,1-11H3. The van der Waals surface area contributed by atoms with Crippen molar-refractivity contribution in [2.24, 2.45) is 9.98 Å². The first kappa shape index (κ1) is 41.5. The molecule has 0 amide bonds. The summed E-state index contributed by atoms with van der Waals surface area (Å²) in [7, 11) is 0. The van der Waals surface area contributed by atoms with E-state index in [0.29, 0.717) is 0 Å². The maximum Gasteiger partial charge on any atom is 0.129 e. The lowest BCUT2D eigenvalue weighted by molar-refractivity contribution is 0.590. The summed E-state index contributed by atoms with van der Waals surface area (Å²) in [5.74, 6) is 1.95. The van der Waals surface area contributed by atoms with Gasteiger partial charge in [-0.3, -0.25) is 0 Å². The molecule has 6 aromatic carbocycles. The number of benzene rings is 6. The molecule has 0 N–H and O–H groups in total. The molecule has 2 nitrogen and oxygen atoms in total. The Morgan fingerprint density at radius 3 is 1.03 bits per heavy atom. The Labute approximate surface area is 356 Å². The minimum atomic E-state index is 0.0699. The predicted octanol–water partition coefficient (Wildman–Crippen LogP) is 16.1. The van der Waals surface area contributed by atoms with E-state index in [1.54, 1.807) is 0 Å². The highest BCUT2D eigenvalue weighted by Gasteiger charge is 2.24. The predicted molar refractivity (Wildman–Crippen MR) is 259 cm³/mol. The molecule has 1 aliphatic rings. The van der Waals surface area contributed by atoms with Gasteiger partial charge in [-0.15, -0.1) is 23.5 Å². The van der Waals surface area contributed by atoms with E-state index in [1.807, 2.05) is 23.5 Å². The average Bonchev–Trinajstić information content (AvgIpc) is 3.18. The molecule has 1 aliphatic heterocycles. The van der Waals surface area contributed by atoms with E-state index in [2.05, 4.69) is 204 Å². The van der Waals surface area contributed by atoms with Crippen molar-refractivity contribution in [3.63, 3.8) is 0 Å². The van der Waals surface area contributed by atoms with E-state index in [4.69, 9.17) is 9.98 Å². The van der Waals surface area contributed by atoms with E-state index >= 15 is 0 Å². The van der Waals surface area contributed by atoms with Gasteiger partial charge in [0.05, 0.1) is 11.4 Å². The molecular weight excluding hydrogens is 741 g/mol. The van der Waals surface area contributed by atoms with Gasteiger partial charge < -0.3 is 0 Å². The Kier molecular flexibility index (Phi) is 11.8. The Morgan fingerprint density at radius 1 is 0.379 bits per heavy atom. The molecule has 1 fully saturated rings. The smallest absolute Gasteiger partial charge is 0.129 e. The van der Waals surface area contributed by atoms with Gasteiger partial charge >= 0.3 is 0 Å². The minimum Gasteiger partial charge on any atom is -0.238 e. The topological polar surface area (TPSA) is 24.7 Å². The lowest BCUT2D eigenvalue weighted by Crippen LogP contribution is -2.14. The first-order valence-electron chi connectivity index (χ1n) is 20.6. The molecule has 296 valence electrons. The lowest BCUT2D eigenvalue weighted by Gasteiger charge is -2.22. The van der Waals surface area contributed by atoms with Crippen LogP contribution in [0.15, 0.2) is 137 Å². The van der Waals surface area contributed by atoms with Crippen molar-refractivity contribution in [2.75, 3.05) is 11.5 Å². The number of thioether (sulfide) groups is 2. The highest BCUT2D eigenvalue weighted by atomic mass is 32.2. The fraction of sp³-hybridized carbons (Fsp3) is 0.296. The SMILES string of the molecule is Cc1ccc(-c2cc(C)cc(-c3ccc(C(C)(C)C)cc3)c2N=C2SCCSC2=Nc2c(-c3ccc(C(C)(C)C)cc3)cccc2-c2ccc(C(C)(C)C)cc2)cc1. The zero-order chi connectivity index (χ0) is 41.4. The number of hydrogen-bond donors (Lipinski definition) is 0. The molecule has 0 spiro atoms. The Balaban J connectivity index is 1.44. The van der Waals surface area contributed by atoms with Gasteiger partial charge in [-0.2, -0.15) is 0 Å². The Bertz CT molecular complexity index is 2390. The van der Waals surface area contributed by atoms with E-state index < -0.39 is 0 Å². The van der Waals surface area contributed by atoms with Crippen molar-refractivity contribution in [2.45, 2.75) is 92.4 Å². The summed E-state index contributed by atoms with van der Waals surface area (Å²) in [4.78, 5) is 11.4. The van der Waals surface area contributed by atoms with Gasteiger partial charge in [-0.1, -0.05) is 183 Å². The van der Waals surface area contributed by atoms with Crippen LogP contribution < -0.4 is 0 Å². The highest BCUT2D eigenvalue weighted by molar-refractivity contribution is 8.27. The molecule has 0 atom stereocenters. The molecule has 0 aromatic heterocycles. The van der Waals surface area contributed by atoms with Crippen LogP contribution in [0.4, 0.5) is 11.4 Å². The van der Waals surface area contributed by atoms with Crippen LogP contribution in [0.25, 0.3) is 44.5 Å². The van der Waals surface area contributed by atoms with Gasteiger partial charge in [0.2, 0.25) is 0 Å². The van der Waals surface area contributed by atoms with E-state index in [0.717, 1.165) is 66.3 Å². The summed E-state index contributed by atoms with van der Waals surface area (Å²) in [6.07, 6.45) is 0. The Hall–Kier alpha value is -4.64. The van der Waals surface area contributed by atoms with Crippen molar-refractivity contribution < 1.29 is 0 Å². The van der Waals surface area contributed by atoms with Crippen molar-refractivity contribution in [3.05, 3.63) is 155 Å². The number of nitrogens with zero attached hydrogens (tertiary/aromatic N) is 2. The lowest BCUT2D eigenvalue weighted by atomic mass is 9.85.